The van der Waals surface area contributed by atoms with Gasteiger partial charge in [0.25, 0.3) is 0 Å². The summed E-state index contributed by atoms with van der Waals surface area (Å²) in [6, 6.07) is 7.81. The second kappa shape index (κ2) is 6.32. The molecular formula is C18H24N2O3. The number of aliphatic hydroxyl groups is 1. The van der Waals surface area contributed by atoms with Crippen LogP contribution in [0, 0.1) is 5.92 Å². The van der Waals surface area contributed by atoms with Crippen LogP contribution in [0.2, 0.25) is 0 Å². The first-order chi connectivity index (χ1) is 11.0. The number of hydrogen-bond donors (Lipinski definition) is 2. The average molecular weight is 316 g/mol. The van der Waals surface area contributed by atoms with Gasteiger partial charge >= 0.3 is 0 Å². The molecule has 0 aliphatic carbocycles. The van der Waals surface area contributed by atoms with Crippen LogP contribution in [-0.2, 0) is 16.0 Å². The first-order valence-corrected chi connectivity index (χ1v) is 8.33. The van der Waals surface area contributed by atoms with Crippen LogP contribution in [-0.4, -0.2) is 40.5 Å². The third-order valence-corrected chi connectivity index (χ3v) is 5.21. The Labute approximate surface area is 136 Å². The number of likely N-dealkylation sites (tertiary alicyclic amines) is 1. The molecule has 5 nitrogen and oxygen atoms in total. The fraction of sp³-hybridized carbons (Fsp3) is 0.556. The number of anilines is 1. The van der Waals surface area contributed by atoms with Gasteiger partial charge in [0.05, 0.1) is 12.1 Å². The second-order valence-corrected chi connectivity index (χ2v) is 6.89. The van der Waals surface area contributed by atoms with Gasteiger partial charge in [0.15, 0.2) is 0 Å². The Morgan fingerprint density at radius 2 is 2.22 bits per heavy atom. The van der Waals surface area contributed by atoms with Gasteiger partial charge in [-0.1, -0.05) is 18.2 Å². The van der Waals surface area contributed by atoms with Gasteiger partial charge < -0.3 is 15.3 Å². The number of amides is 2. The number of rotatable bonds is 4. The molecule has 0 aromatic heterocycles. The minimum atomic E-state index is -0.432. The molecule has 1 aromatic rings. The highest BCUT2D eigenvalue weighted by molar-refractivity contribution is 5.96. The summed E-state index contributed by atoms with van der Waals surface area (Å²) in [7, 11) is 0. The van der Waals surface area contributed by atoms with E-state index in [1.54, 1.807) is 4.90 Å². The summed E-state index contributed by atoms with van der Waals surface area (Å²) >= 11 is 0. The molecular weight excluding hydrogens is 292 g/mol. The van der Waals surface area contributed by atoms with E-state index in [9.17, 15) is 14.7 Å². The van der Waals surface area contributed by atoms with Crippen LogP contribution in [0.15, 0.2) is 24.3 Å². The molecule has 5 heteroatoms. The maximum absolute atomic E-state index is 12.5. The summed E-state index contributed by atoms with van der Waals surface area (Å²) < 4.78 is 0. The first-order valence-electron chi connectivity index (χ1n) is 8.33. The van der Waals surface area contributed by atoms with Crippen molar-refractivity contribution in [1.82, 2.24) is 4.90 Å². The Morgan fingerprint density at radius 1 is 1.43 bits per heavy atom. The predicted octanol–water partition coefficient (Wildman–Crippen LogP) is 1.95. The monoisotopic (exact) mass is 316 g/mol. The van der Waals surface area contributed by atoms with Gasteiger partial charge in [0, 0.05) is 24.6 Å². The minimum absolute atomic E-state index is 0.00263. The van der Waals surface area contributed by atoms with Crippen molar-refractivity contribution >= 4 is 17.5 Å². The molecule has 0 bridgehead atoms. The molecule has 1 saturated heterocycles. The lowest BCUT2D eigenvalue weighted by Crippen LogP contribution is -2.47. The predicted molar refractivity (Wildman–Crippen MR) is 87.9 cm³/mol. The first kappa shape index (κ1) is 16.0. The van der Waals surface area contributed by atoms with Gasteiger partial charge in [-0.2, -0.15) is 0 Å². The van der Waals surface area contributed by atoms with E-state index in [-0.39, 0.29) is 24.3 Å². The molecule has 23 heavy (non-hydrogen) atoms. The molecule has 0 spiro atoms. The fourth-order valence-electron chi connectivity index (χ4n) is 3.69. The topological polar surface area (TPSA) is 69.6 Å². The van der Waals surface area contributed by atoms with E-state index in [1.165, 1.54) is 0 Å². The highest BCUT2D eigenvalue weighted by atomic mass is 16.3. The highest BCUT2D eigenvalue weighted by Gasteiger charge is 2.39. The third kappa shape index (κ3) is 3.11. The van der Waals surface area contributed by atoms with Crippen LogP contribution >= 0.6 is 0 Å². The zero-order valence-corrected chi connectivity index (χ0v) is 13.5. The van der Waals surface area contributed by atoms with E-state index in [2.05, 4.69) is 5.32 Å². The van der Waals surface area contributed by atoms with Gasteiger partial charge in [-0.25, -0.2) is 0 Å². The van der Waals surface area contributed by atoms with E-state index >= 15 is 0 Å². The van der Waals surface area contributed by atoms with E-state index in [4.69, 9.17) is 0 Å². The molecule has 2 N–H and O–H groups in total. The molecule has 3 rings (SSSR count). The van der Waals surface area contributed by atoms with Crippen LogP contribution in [0.5, 0.6) is 0 Å². The van der Waals surface area contributed by atoms with Crippen LogP contribution in [0.3, 0.4) is 0 Å². The summed E-state index contributed by atoms with van der Waals surface area (Å²) in [5.74, 6) is -0.106. The number of benzene rings is 1. The lowest BCUT2D eigenvalue weighted by molar-refractivity contribution is -0.136. The number of carbonyl (C=O) groups is 2. The van der Waals surface area contributed by atoms with Gasteiger partial charge in [-0.05, 0) is 44.2 Å². The van der Waals surface area contributed by atoms with Crippen LogP contribution in [0.25, 0.3) is 0 Å². The third-order valence-electron chi connectivity index (χ3n) is 5.21. The zero-order valence-electron chi connectivity index (χ0n) is 13.5. The van der Waals surface area contributed by atoms with Crippen LogP contribution in [0.4, 0.5) is 5.69 Å². The minimum Gasteiger partial charge on any atom is -0.394 e. The Morgan fingerprint density at radius 3 is 3.00 bits per heavy atom. The smallest absolute Gasteiger partial charge is 0.227 e. The van der Waals surface area contributed by atoms with Crippen molar-refractivity contribution in [1.29, 1.82) is 0 Å². The number of fused-ring (bicyclic) bond motifs is 1. The summed E-state index contributed by atoms with van der Waals surface area (Å²) in [4.78, 5) is 26.5. The van der Waals surface area contributed by atoms with Crippen LogP contribution < -0.4 is 5.32 Å². The summed E-state index contributed by atoms with van der Waals surface area (Å²) in [6.45, 7) is 2.63. The largest absolute Gasteiger partial charge is 0.394 e. The molecule has 2 heterocycles. The van der Waals surface area contributed by atoms with E-state index in [0.717, 1.165) is 24.1 Å². The van der Waals surface area contributed by atoms with Gasteiger partial charge in [0.1, 0.15) is 0 Å². The number of nitrogens with zero attached hydrogens (tertiary/aromatic N) is 1. The molecule has 1 aromatic carbocycles. The van der Waals surface area contributed by atoms with Crippen molar-refractivity contribution in [2.45, 2.75) is 44.6 Å². The highest BCUT2D eigenvalue weighted by Crippen LogP contribution is 2.31. The summed E-state index contributed by atoms with van der Waals surface area (Å²) in [6.07, 6.45) is 3.37. The molecule has 2 amide bonds. The number of aliphatic hydroxyl groups excluding tert-OH is 1. The molecule has 124 valence electrons. The van der Waals surface area contributed by atoms with Crippen molar-refractivity contribution in [3.63, 3.8) is 0 Å². The van der Waals surface area contributed by atoms with Gasteiger partial charge in [0.2, 0.25) is 11.8 Å². The van der Waals surface area contributed by atoms with Crippen molar-refractivity contribution in [2.24, 2.45) is 5.92 Å². The Balaban J connectivity index is 1.60. The number of para-hydroxylation sites is 1. The lowest BCUT2D eigenvalue weighted by Gasteiger charge is -2.34. The normalized spacial score (nSPS) is 26.8. The number of hydrogen-bond acceptors (Lipinski definition) is 3. The van der Waals surface area contributed by atoms with E-state index in [1.807, 2.05) is 31.2 Å². The quantitative estimate of drug-likeness (QED) is 0.892. The SMILES string of the molecule is C[C@@]1(CO)CCCN1C(=O)CC[C@H]1Cc2ccccc2NC1=O. The zero-order chi connectivity index (χ0) is 16.4. The van der Waals surface area contributed by atoms with Crippen molar-refractivity contribution in [2.75, 3.05) is 18.5 Å². The number of nitrogens with one attached hydrogen (secondary N) is 1. The van der Waals surface area contributed by atoms with Crippen molar-refractivity contribution in [3.8, 4) is 0 Å². The molecule has 2 atom stereocenters. The standard InChI is InChI=1S/C18H24N2O3/c1-18(12-21)9-4-10-20(18)16(22)8-7-14-11-13-5-2-3-6-15(13)19-17(14)23/h2-3,5-6,14,21H,4,7-12H2,1H3,(H,19,23)/t14-,18-/m0/s1. The molecule has 2 aliphatic heterocycles. The Hall–Kier alpha value is -1.88. The lowest BCUT2D eigenvalue weighted by atomic mass is 9.89. The van der Waals surface area contributed by atoms with Crippen LogP contribution in [0.1, 0.15) is 38.2 Å². The summed E-state index contributed by atoms with van der Waals surface area (Å²) in [5, 5.41) is 12.5. The van der Waals surface area contributed by atoms with E-state index in [0.29, 0.717) is 25.8 Å². The Kier molecular flexibility index (Phi) is 4.39. The van der Waals surface area contributed by atoms with Gasteiger partial charge in [-0.15, -0.1) is 0 Å². The maximum atomic E-state index is 12.5. The number of carbonyl (C=O) groups excluding carboxylic acids is 2. The molecule has 1 fully saturated rings. The second-order valence-electron chi connectivity index (χ2n) is 6.89. The van der Waals surface area contributed by atoms with Gasteiger partial charge in [-0.3, -0.25) is 9.59 Å². The fourth-order valence-corrected chi connectivity index (χ4v) is 3.69. The summed E-state index contributed by atoms with van der Waals surface area (Å²) in [5.41, 5.74) is 1.58. The molecule has 0 unspecified atom stereocenters. The van der Waals surface area contributed by atoms with Crippen molar-refractivity contribution < 1.29 is 14.7 Å². The molecule has 0 radical (unpaired) electrons. The molecule has 2 aliphatic rings. The molecule has 0 saturated carbocycles. The average Bonchev–Trinajstić information content (AvgIpc) is 2.95. The Bertz CT molecular complexity index is 616. The maximum Gasteiger partial charge on any atom is 0.227 e. The van der Waals surface area contributed by atoms with Crippen molar-refractivity contribution in [3.05, 3.63) is 29.8 Å². The van der Waals surface area contributed by atoms with E-state index < -0.39 is 5.54 Å².